The molecule has 2 aromatic rings. The maximum Gasteiger partial charge on any atom is 0.230 e. The summed E-state index contributed by atoms with van der Waals surface area (Å²) in [6.07, 6.45) is 1.08. The number of fused-ring (bicyclic) bond motifs is 1. The molecule has 0 spiro atoms. The van der Waals surface area contributed by atoms with Crippen LogP contribution in [0.25, 0.3) is 0 Å². The summed E-state index contributed by atoms with van der Waals surface area (Å²) in [7, 11) is 4.66. The number of hydrogen-bond donors (Lipinski definition) is 1. The van der Waals surface area contributed by atoms with Crippen LogP contribution in [-0.4, -0.2) is 33.0 Å². The lowest BCUT2D eigenvalue weighted by Gasteiger charge is -2.38. The first kappa shape index (κ1) is 24.6. The molecule has 7 nitrogen and oxygen atoms in total. The highest BCUT2D eigenvalue weighted by atomic mass is 16.5. The van der Waals surface area contributed by atoms with Crippen LogP contribution in [0.2, 0.25) is 0 Å². The maximum atomic E-state index is 13.8. The minimum atomic E-state index is -0.659. The third kappa shape index (κ3) is 4.35. The molecule has 0 saturated heterocycles. The fourth-order valence-corrected chi connectivity index (χ4v) is 5.08. The Morgan fingerprint density at radius 3 is 2.23 bits per heavy atom. The molecule has 1 heterocycles. The van der Waals surface area contributed by atoms with Crippen molar-refractivity contribution >= 4 is 23.1 Å². The number of ether oxygens (including phenoxy) is 3. The van der Waals surface area contributed by atoms with E-state index in [9.17, 15) is 9.59 Å². The smallest absolute Gasteiger partial charge is 0.230 e. The third-order valence-electron chi connectivity index (χ3n) is 6.63. The lowest BCUT2D eigenvalue weighted by atomic mass is 9.73. The second-order valence-corrected chi connectivity index (χ2v) is 10.2. The van der Waals surface area contributed by atoms with E-state index in [4.69, 9.17) is 14.2 Å². The van der Waals surface area contributed by atoms with Crippen molar-refractivity contribution in [2.24, 2.45) is 11.3 Å². The summed E-state index contributed by atoms with van der Waals surface area (Å²) in [5.41, 5.74) is 3.49. The van der Waals surface area contributed by atoms with Crippen LogP contribution in [0.4, 0.5) is 11.4 Å². The van der Waals surface area contributed by atoms with Crippen molar-refractivity contribution in [1.29, 1.82) is 0 Å². The Balaban J connectivity index is 2.07. The zero-order valence-corrected chi connectivity index (χ0v) is 21.5. The minimum Gasteiger partial charge on any atom is -0.493 e. The van der Waals surface area contributed by atoms with Crippen molar-refractivity contribution in [3.05, 3.63) is 53.2 Å². The summed E-state index contributed by atoms with van der Waals surface area (Å²) in [5, 5.41) is 3.53. The first-order chi connectivity index (χ1) is 16.6. The Labute approximate surface area is 207 Å². The largest absolute Gasteiger partial charge is 0.493 e. The normalized spacial score (nSPS) is 18.9. The number of rotatable bonds is 5. The molecular formula is C28H34N2O5. The lowest BCUT2D eigenvalue weighted by molar-refractivity contribution is -0.122. The van der Waals surface area contributed by atoms with Crippen LogP contribution in [0.1, 0.15) is 52.1 Å². The number of carbonyl (C=O) groups excluding carboxylic acids is 2. The number of allylic oxidation sites excluding steroid dienone is 1. The van der Waals surface area contributed by atoms with E-state index in [0.29, 0.717) is 41.2 Å². The molecule has 2 aliphatic rings. The molecule has 2 aromatic carbocycles. The Hall–Kier alpha value is -3.48. The number of amides is 1. The molecule has 186 valence electrons. The van der Waals surface area contributed by atoms with Crippen molar-refractivity contribution < 1.29 is 23.8 Å². The van der Waals surface area contributed by atoms with E-state index in [1.165, 1.54) is 0 Å². The van der Waals surface area contributed by atoms with E-state index >= 15 is 0 Å². The molecule has 35 heavy (non-hydrogen) atoms. The molecule has 1 N–H and O–H groups in total. The van der Waals surface area contributed by atoms with Gasteiger partial charge < -0.3 is 19.5 Å². The van der Waals surface area contributed by atoms with Crippen molar-refractivity contribution in [3.8, 4) is 17.2 Å². The molecular weight excluding hydrogens is 444 g/mol. The van der Waals surface area contributed by atoms with Gasteiger partial charge >= 0.3 is 0 Å². The van der Waals surface area contributed by atoms with Crippen LogP contribution in [0, 0.1) is 11.3 Å². The molecule has 0 radical (unpaired) electrons. The predicted octanol–water partition coefficient (Wildman–Crippen LogP) is 5.51. The number of hydrogen-bond acceptors (Lipinski definition) is 6. The highest BCUT2D eigenvalue weighted by molar-refractivity contribution is 6.06. The Morgan fingerprint density at radius 2 is 1.66 bits per heavy atom. The highest BCUT2D eigenvalue weighted by Gasteiger charge is 2.44. The second kappa shape index (κ2) is 9.29. The van der Waals surface area contributed by atoms with Crippen LogP contribution in [0.15, 0.2) is 47.7 Å². The van der Waals surface area contributed by atoms with E-state index in [1.54, 1.807) is 26.2 Å². The average molecular weight is 479 g/mol. The van der Waals surface area contributed by atoms with Gasteiger partial charge in [-0.3, -0.25) is 14.5 Å². The number of benzene rings is 2. The number of nitrogens with zero attached hydrogens (tertiary/aromatic N) is 1. The molecule has 1 amide bonds. The Bertz CT molecular complexity index is 1170. The van der Waals surface area contributed by atoms with Gasteiger partial charge in [0.25, 0.3) is 0 Å². The standard InChI is InChI=1S/C28H34N2O5/c1-16(2)27(32)30-20-11-9-8-10-18(20)29-19-14-28(3,4)15-21(31)24(19)25(30)17-12-22(33-5)26(35-7)23(13-17)34-6/h8-13,16,25,29H,14-15H2,1-7H3/t25-/m1/s1. The summed E-state index contributed by atoms with van der Waals surface area (Å²) in [5.74, 6) is 1.05. The molecule has 7 heteroatoms. The number of Topliss-reactive ketones (excluding diaryl/α,β-unsaturated/α-hetero) is 1. The molecule has 0 aromatic heterocycles. The van der Waals surface area contributed by atoms with E-state index in [0.717, 1.165) is 17.1 Å². The van der Waals surface area contributed by atoms with Crippen molar-refractivity contribution in [1.82, 2.24) is 0 Å². The zero-order chi connectivity index (χ0) is 25.5. The topological polar surface area (TPSA) is 77.1 Å². The number of ketones is 1. The monoisotopic (exact) mass is 478 g/mol. The van der Waals surface area contributed by atoms with E-state index < -0.39 is 6.04 Å². The Kier molecular flexibility index (Phi) is 6.54. The van der Waals surface area contributed by atoms with Crippen LogP contribution < -0.4 is 24.4 Å². The van der Waals surface area contributed by atoms with Gasteiger partial charge in [-0.1, -0.05) is 39.8 Å². The summed E-state index contributed by atoms with van der Waals surface area (Å²) in [6, 6.07) is 10.7. The molecule has 1 atom stereocenters. The maximum absolute atomic E-state index is 13.8. The fraction of sp³-hybridized carbons (Fsp3) is 0.429. The summed E-state index contributed by atoms with van der Waals surface area (Å²) >= 11 is 0. The number of para-hydroxylation sites is 2. The van der Waals surface area contributed by atoms with Gasteiger partial charge in [0.05, 0.1) is 38.7 Å². The average Bonchev–Trinajstić information content (AvgIpc) is 2.95. The SMILES string of the molecule is COc1cc([C@@H]2C3=C(CC(C)(C)CC3=O)Nc3ccccc3N2C(=O)C(C)C)cc(OC)c1OC. The van der Waals surface area contributed by atoms with Gasteiger partial charge in [0.2, 0.25) is 11.7 Å². The van der Waals surface area contributed by atoms with Gasteiger partial charge in [-0.05, 0) is 41.7 Å². The van der Waals surface area contributed by atoms with Crippen molar-refractivity contribution in [3.63, 3.8) is 0 Å². The van der Waals surface area contributed by atoms with E-state index in [-0.39, 0.29) is 23.0 Å². The fourth-order valence-electron chi connectivity index (χ4n) is 5.08. The molecule has 4 rings (SSSR count). The quantitative estimate of drug-likeness (QED) is 0.611. The molecule has 0 bridgehead atoms. The van der Waals surface area contributed by atoms with Gasteiger partial charge in [0.1, 0.15) is 0 Å². The summed E-state index contributed by atoms with van der Waals surface area (Å²) < 4.78 is 16.8. The van der Waals surface area contributed by atoms with Gasteiger partial charge in [-0.15, -0.1) is 0 Å². The van der Waals surface area contributed by atoms with Gasteiger partial charge in [-0.2, -0.15) is 0 Å². The van der Waals surface area contributed by atoms with Gasteiger partial charge in [0, 0.05) is 23.6 Å². The van der Waals surface area contributed by atoms with Crippen molar-refractivity contribution in [2.75, 3.05) is 31.5 Å². The van der Waals surface area contributed by atoms with Crippen LogP contribution in [0.5, 0.6) is 17.2 Å². The zero-order valence-electron chi connectivity index (χ0n) is 21.5. The van der Waals surface area contributed by atoms with E-state index in [2.05, 4.69) is 19.2 Å². The van der Waals surface area contributed by atoms with Crippen LogP contribution in [-0.2, 0) is 9.59 Å². The summed E-state index contributed by atoms with van der Waals surface area (Å²) in [6.45, 7) is 7.94. The van der Waals surface area contributed by atoms with Gasteiger partial charge in [-0.25, -0.2) is 0 Å². The lowest BCUT2D eigenvalue weighted by Crippen LogP contribution is -2.41. The molecule has 0 saturated carbocycles. The van der Waals surface area contributed by atoms with Crippen LogP contribution >= 0.6 is 0 Å². The number of carbonyl (C=O) groups is 2. The van der Waals surface area contributed by atoms with Crippen molar-refractivity contribution in [2.45, 2.75) is 46.6 Å². The first-order valence-electron chi connectivity index (χ1n) is 11.9. The first-order valence-corrected chi connectivity index (χ1v) is 11.9. The number of anilines is 2. The number of nitrogens with one attached hydrogen (secondary N) is 1. The predicted molar refractivity (Wildman–Crippen MR) is 136 cm³/mol. The van der Waals surface area contributed by atoms with E-state index in [1.807, 2.05) is 50.2 Å². The summed E-state index contributed by atoms with van der Waals surface area (Å²) in [4.78, 5) is 29.3. The molecule has 1 aliphatic heterocycles. The third-order valence-corrected chi connectivity index (χ3v) is 6.63. The highest BCUT2D eigenvalue weighted by Crippen LogP contribution is 2.50. The number of methoxy groups -OCH3 is 3. The molecule has 0 unspecified atom stereocenters. The molecule has 1 aliphatic carbocycles. The Morgan fingerprint density at radius 1 is 1.03 bits per heavy atom. The molecule has 0 fully saturated rings. The van der Waals surface area contributed by atoms with Gasteiger partial charge in [0.15, 0.2) is 17.3 Å². The van der Waals surface area contributed by atoms with Crippen LogP contribution in [0.3, 0.4) is 0 Å². The second-order valence-electron chi connectivity index (χ2n) is 10.2. The minimum absolute atomic E-state index is 0.0249.